The highest BCUT2D eigenvalue weighted by atomic mass is 19.1. The van der Waals surface area contributed by atoms with Crippen molar-refractivity contribution in [2.75, 3.05) is 13.1 Å². The molecular weight excluding hydrogens is 367 g/mol. The van der Waals surface area contributed by atoms with E-state index in [1.807, 2.05) is 36.4 Å². The minimum absolute atomic E-state index is 0.0256. The van der Waals surface area contributed by atoms with Gasteiger partial charge in [0.1, 0.15) is 17.2 Å². The van der Waals surface area contributed by atoms with Gasteiger partial charge in [-0.2, -0.15) is 0 Å². The van der Waals surface area contributed by atoms with E-state index in [0.29, 0.717) is 0 Å². The van der Waals surface area contributed by atoms with E-state index in [1.54, 1.807) is 0 Å². The van der Waals surface area contributed by atoms with Crippen LogP contribution in [0.2, 0.25) is 0 Å². The van der Waals surface area contributed by atoms with Crippen molar-refractivity contribution in [3.63, 3.8) is 0 Å². The summed E-state index contributed by atoms with van der Waals surface area (Å²) in [5.41, 5.74) is 1.82. The monoisotopic (exact) mass is 396 g/mol. The quantitative estimate of drug-likeness (QED) is 0.830. The zero-order valence-corrected chi connectivity index (χ0v) is 17.2. The van der Waals surface area contributed by atoms with Crippen molar-refractivity contribution in [2.24, 2.45) is 5.92 Å². The molecule has 0 saturated carbocycles. The number of benzene rings is 2. The lowest BCUT2D eigenvalue weighted by atomic mass is 9.88. The third kappa shape index (κ3) is 4.78. The molecule has 2 aromatic rings. The molecule has 0 spiro atoms. The van der Waals surface area contributed by atoms with Gasteiger partial charge in [-0.1, -0.05) is 30.3 Å². The standard InChI is InChI=1S/C24H29FN2O2/c1-24(2)14-21(20-7-3-4-8-22(20)29-24)26-23(28)18-6-5-13-27(16-18)15-17-9-11-19(25)12-10-17/h3-4,7-12,18,21H,5-6,13-16H2,1-2H3,(H,26,28)/t18-,21+/m0/s1. The second-order valence-corrected chi connectivity index (χ2v) is 8.87. The average molecular weight is 397 g/mol. The molecule has 0 unspecified atom stereocenters. The molecule has 4 rings (SSSR count). The number of halogens is 1. The van der Waals surface area contributed by atoms with E-state index in [2.05, 4.69) is 24.1 Å². The summed E-state index contributed by atoms with van der Waals surface area (Å²) in [6, 6.07) is 14.6. The van der Waals surface area contributed by atoms with Crippen molar-refractivity contribution >= 4 is 5.91 Å². The maximum atomic E-state index is 13.1. The van der Waals surface area contributed by atoms with Crippen molar-refractivity contribution in [1.82, 2.24) is 10.2 Å². The highest BCUT2D eigenvalue weighted by Crippen LogP contribution is 2.39. The van der Waals surface area contributed by atoms with E-state index in [0.717, 1.165) is 55.8 Å². The predicted molar refractivity (Wildman–Crippen MR) is 111 cm³/mol. The van der Waals surface area contributed by atoms with Gasteiger partial charge in [-0.05, 0) is 57.0 Å². The molecule has 154 valence electrons. The van der Waals surface area contributed by atoms with Gasteiger partial charge in [0.25, 0.3) is 0 Å². The van der Waals surface area contributed by atoms with Gasteiger partial charge in [0.05, 0.1) is 12.0 Å². The van der Waals surface area contributed by atoms with Crippen LogP contribution < -0.4 is 10.1 Å². The summed E-state index contributed by atoms with van der Waals surface area (Å²) in [7, 11) is 0. The summed E-state index contributed by atoms with van der Waals surface area (Å²) in [6.07, 6.45) is 2.65. The fourth-order valence-corrected chi connectivity index (χ4v) is 4.48. The van der Waals surface area contributed by atoms with E-state index in [1.165, 1.54) is 12.1 Å². The molecule has 5 heteroatoms. The number of nitrogens with one attached hydrogen (secondary N) is 1. The number of para-hydroxylation sites is 1. The van der Waals surface area contributed by atoms with Gasteiger partial charge >= 0.3 is 0 Å². The largest absolute Gasteiger partial charge is 0.487 e. The van der Waals surface area contributed by atoms with Crippen molar-refractivity contribution in [2.45, 2.75) is 51.3 Å². The normalized spacial score (nSPS) is 23.7. The number of nitrogens with zero attached hydrogens (tertiary/aromatic N) is 1. The minimum Gasteiger partial charge on any atom is -0.487 e. The summed E-state index contributed by atoms with van der Waals surface area (Å²) in [5, 5.41) is 3.30. The van der Waals surface area contributed by atoms with Gasteiger partial charge in [-0.3, -0.25) is 9.69 Å². The number of rotatable bonds is 4. The Hall–Kier alpha value is -2.40. The second-order valence-electron chi connectivity index (χ2n) is 8.87. The summed E-state index contributed by atoms with van der Waals surface area (Å²) in [5.74, 6) is 0.730. The van der Waals surface area contributed by atoms with Crippen LogP contribution in [-0.2, 0) is 11.3 Å². The average Bonchev–Trinajstić information content (AvgIpc) is 2.69. The molecule has 4 nitrogen and oxygen atoms in total. The molecule has 0 aliphatic carbocycles. The molecule has 2 aromatic carbocycles. The first kappa shape index (κ1) is 19.9. The van der Waals surface area contributed by atoms with Crippen LogP contribution in [0.15, 0.2) is 48.5 Å². The Balaban J connectivity index is 1.41. The summed E-state index contributed by atoms with van der Waals surface area (Å²) in [4.78, 5) is 15.4. The lowest BCUT2D eigenvalue weighted by Crippen LogP contribution is -2.46. The number of piperidine rings is 1. The Morgan fingerprint density at radius 3 is 2.76 bits per heavy atom. The molecule has 1 saturated heterocycles. The Morgan fingerprint density at radius 2 is 1.97 bits per heavy atom. The van der Waals surface area contributed by atoms with E-state index in [-0.39, 0.29) is 29.3 Å². The predicted octanol–water partition coefficient (Wildman–Crippen LogP) is 4.46. The Bertz CT molecular complexity index is 865. The van der Waals surface area contributed by atoms with E-state index >= 15 is 0 Å². The first-order valence-corrected chi connectivity index (χ1v) is 10.4. The number of carbonyl (C=O) groups excluding carboxylic acids is 1. The molecule has 0 bridgehead atoms. The molecule has 0 radical (unpaired) electrons. The zero-order chi connectivity index (χ0) is 20.4. The molecule has 2 aliphatic heterocycles. The van der Waals surface area contributed by atoms with Gasteiger partial charge in [-0.25, -0.2) is 4.39 Å². The van der Waals surface area contributed by atoms with Crippen LogP contribution in [0, 0.1) is 11.7 Å². The van der Waals surface area contributed by atoms with Gasteiger partial charge in [-0.15, -0.1) is 0 Å². The summed E-state index contributed by atoms with van der Waals surface area (Å²) >= 11 is 0. The van der Waals surface area contributed by atoms with Gasteiger partial charge in [0, 0.05) is 25.1 Å². The van der Waals surface area contributed by atoms with Gasteiger partial charge in [0.15, 0.2) is 0 Å². The fraction of sp³-hybridized carbons (Fsp3) is 0.458. The first-order chi connectivity index (χ1) is 13.9. The number of carbonyl (C=O) groups is 1. The van der Waals surface area contributed by atoms with Crippen molar-refractivity contribution in [1.29, 1.82) is 0 Å². The Labute approximate surface area is 172 Å². The SMILES string of the molecule is CC1(C)C[C@@H](NC(=O)[C@H]2CCCN(Cc3ccc(F)cc3)C2)c2ccccc2O1. The van der Waals surface area contributed by atoms with Crippen LogP contribution in [0.5, 0.6) is 5.75 Å². The van der Waals surface area contributed by atoms with E-state index in [4.69, 9.17) is 4.74 Å². The molecule has 0 aromatic heterocycles. The summed E-state index contributed by atoms with van der Waals surface area (Å²) < 4.78 is 19.2. The lowest BCUT2D eigenvalue weighted by molar-refractivity contribution is -0.128. The molecular formula is C24H29FN2O2. The second kappa shape index (κ2) is 8.15. The fourth-order valence-electron chi connectivity index (χ4n) is 4.48. The minimum atomic E-state index is -0.312. The highest BCUT2D eigenvalue weighted by Gasteiger charge is 2.36. The number of hydrogen-bond acceptors (Lipinski definition) is 3. The van der Waals surface area contributed by atoms with E-state index in [9.17, 15) is 9.18 Å². The van der Waals surface area contributed by atoms with Crippen LogP contribution in [0.25, 0.3) is 0 Å². The van der Waals surface area contributed by atoms with E-state index < -0.39 is 0 Å². The Kier molecular flexibility index (Phi) is 5.59. The third-order valence-corrected chi connectivity index (χ3v) is 5.89. The zero-order valence-electron chi connectivity index (χ0n) is 17.2. The topological polar surface area (TPSA) is 41.6 Å². The molecule has 2 aliphatic rings. The molecule has 2 atom stereocenters. The molecule has 29 heavy (non-hydrogen) atoms. The van der Waals surface area contributed by atoms with Crippen LogP contribution in [0.1, 0.15) is 50.3 Å². The molecule has 1 fully saturated rings. The van der Waals surface area contributed by atoms with Crippen LogP contribution in [-0.4, -0.2) is 29.5 Å². The van der Waals surface area contributed by atoms with Crippen LogP contribution in [0.3, 0.4) is 0 Å². The lowest BCUT2D eigenvalue weighted by Gasteiger charge is -2.39. The van der Waals surface area contributed by atoms with Gasteiger partial charge < -0.3 is 10.1 Å². The maximum absolute atomic E-state index is 13.1. The number of fused-ring (bicyclic) bond motifs is 1. The molecule has 1 amide bonds. The maximum Gasteiger partial charge on any atom is 0.224 e. The number of ether oxygens (including phenoxy) is 1. The first-order valence-electron chi connectivity index (χ1n) is 10.4. The van der Waals surface area contributed by atoms with Gasteiger partial charge in [0.2, 0.25) is 5.91 Å². The van der Waals surface area contributed by atoms with Crippen LogP contribution in [0.4, 0.5) is 4.39 Å². The highest BCUT2D eigenvalue weighted by molar-refractivity contribution is 5.79. The van der Waals surface area contributed by atoms with Crippen molar-refractivity contribution < 1.29 is 13.9 Å². The van der Waals surface area contributed by atoms with Crippen LogP contribution >= 0.6 is 0 Å². The number of amides is 1. The molecule has 2 heterocycles. The third-order valence-electron chi connectivity index (χ3n) is 5.89. The number of likely N-dealkylation sites (tertiary alicyclic amines) is 1. The van der Waals surface area contributed by atoms with Crippen molar-refractivity contribution in [3.8, 4) is 5.75 Å². The molecule has 1 N–H and O–H groups in total. The number of hydrogen-bond donors (Lipinski definition) is 1. The van der Waals surface area contributed by atoms with Crippen molar-refractivity contribution in [3.05, 3.63) is 65.5 Å². The Morgan fingerprint density at radius 1 is 1.21 bits per heavy atom. The summed E-state index contributed by atoms with van der Waals surface area (Å²) in [6.45, 7) is 6.57. The smallest absolute Gasteiger partial charge is 0.224 e.